The van der Waals surface area contributed by atoms with Gasteiger partial charge in [-0.05, 0) is 30.3 Å². The smallest absolute Gasteiger partial charge is 0.337 e. The van der Waals surface area contributed by atoms with Crippen LogP contribution in [0.3, 0.4) is 0 Å². The van der Waals surface area contributed by atoms with Gasteiger partial charge in [0, 0.05) is 10.0 Å². The maximum Gasteiger partial charge on any atom is 0.337 e. The summed E-state index contributed by atoms with van der Waals surface area (Å²) in [6, 6.07) is 9.92. The molecule has 0 heterocycles. The zero-order valence-electron chi connectivity index (χ0n) is 13.4. The van der Waals surface area contributed by atoms with E-state index in [-0.39, 0.29) is 27.0 Å². The second-order valence-electron chi connectivity index (χ2n) is 5.30. The number of carboxylic acid groups (broad SMARTS) is 1. The van der Waals surface area contributed by atoms with Crippen molar-refractivity contribution in [2.24, 2.45) is 0 Å². The molecule has 2 N–H and O–H groups in total. The Morgan fingerprint density at radius 1 is 1.12 bits per heavy atom. The summed E-state index contributed by atoms with van der Waals surface area (Å²) < 4.78 is 25.0. The van der Waals surface area contributed by atoms with E-state index in [4.69, 9.17) is 28.3 Å². The lowest BCUT2D eigenvalue weighted by Gasteiger charge is -2.22. The largest absolute Gasteiger partial charge is 0.478 e. The van der Waals surface area contributed by atoms with E-state index in [0.717, 1.165) is 10.6 Å². The van der Waals surface area contributed by atoms with Crippen molar-refractivity contribution >= 4 is 56.5 Å². The number of nitrogens with zero attached hydrogens (tertiary/aromatic N) is 1. The number of rotatable bonds is 6. The lowest BCUT2D eigenvalue weighted by molar-refractivity contribution is -0.114. The van der Waals surface area contributed by atoms with Gasteiger partial charge in [0.1, 0.15) is 6.54 Å². The first-order chi connectivity index (χ1) is 12.1. The third kappa shape index (κ3) is 5.10. The molecule has 0 fully saturated rings. The van der Waals surface area contributed by atoms with E-state index in [2.05, 4.69) is 5.32 Å². The summed E-state index contributed by atoms with van der Waals surface area (Å²) in [6.07, 6.45) is 0.931. The summed E-state index contributed by atoms with van der Waals surface area (Å²) in [4.78, 5) is 23.5. The zero-order chi connectivity index (χ0) is 19.5. The Hall–Kier alpha value is -2.29. The van der Waals surface area contributed by atoms with E-state index in [9.17, 15) is 18.0 Å². The van der Waals surface area contributed by atoms with Crippen LogP contribution >= 0.6 is 23.2 Å². The standard InChI is InChI=1S/C16H14Cl2N2O5S/c1-26(24,25)20(12-7-10(17)6-11(18)8-12)9-15(21)19-14-5-3-2-4-13(14)16(22)23/h2-8H,9H2,1H3,(H,19,21)(H,22,23). The topological polar surface area (TPSA) is 104 Å². The van der Waals surface area contributed by atoms with Crippen molar-refractivity contribution in [2.75, 3.05) is 22.4 Å². The minimum Gasteiger partial charge on any atom is -0.478 e. The first-order valence-corrected chi connectivity index (χ1v) is 9.74. The third-order valence-corrected chi connectivity index (χ3v) is 4.83. The van der Waals surface area contributed by atoms with Crippen LogP contribution < -0.4 is 9.62 Å². The van der Waals surface area contributed by atoms with E-state index in [1.54, 1.807) is 6.07 Å². The van der Waals surface area contributed by atoms with Crippen LogP contribution in [0.2, 0.25) is 10.0 Å². The SMILES string of the molecule is CS(=O)(=O)N(CC(=O)Nc1ccccc1C(=O)O)c1cc(Cl)cc(Cl)c1. The van der Waals surface area contributed by atoms with Gasteiger partial charge < -0.3 is 10.4 Å². The molecule has 0 aliphatic rings. The molecule has 0 aliphatic carbocycles. The first kappa shape index (κ1) is 20.0. The molecule has 0 aliphatic heterocycles. The predicted molar refractivity (Wildman–Crippen MR) is 101 cm³/mol. The quantitative estimate of drug-likeness (QED) is 0.752. The number of amides is 1. The summed E-state index contributed by atoms with van der Waals surface area (Å²) in [5.41, 5.74) is 0.0619. The number of para-hydroxylation sites is 1. The molecule has 2 rings (SSSR count). The number of benzene rings is 2. The summed E-state index contributed by atoms with van der Waals surface area (Å²) in [7, 11) is -3.83. The monoisotopic (exact) mass is 416 g/mol. The Morgan fingerprint density at radius 2 is 1.69 bits per heavy atom. The Labute approximate surface area is 160 Å². The number of anilines is 2. The van der Waals surface area contributed by atoms with Gasteiger partial charge in [0.25, 0.3) is 0 Å². The van der Waals surface area contributed by atoms with Crippen LogP contribution in [0.4, 0.5) is 11.4 Å². The van der Waals surface area contributed by atoms with Crippen LogP contribution in [-0.2, 0) is 14.8 Å². The summed E-state index contributed by atoms with van der Waals surface area (Å²) in [6.45, 7) is -0.580. The highest BCUT2D eigenvalue weighted by molar-refractivity contribution is 7.92. The van der Waals surface area contributed by atoms with E-state index in [1.165, 1.54) is 36.4 Å². The lowest BCUT2D eigenvalue weighted by Crippen LogP contribution is -2.37. The number of hydrogen-bond acceptors (Lipinski definition) is 4. The Bertz CT molecular complexity index is 943. The molecule has 2 aromatic rings. The van der Waals surface area contributed by atoms with E-state index < -0.39 is 28.4 Å². The van der Waals surface area contributed by atoms with Crippen LogP contribution in [-0.4, -0.2) is 38.2 Å². The van der Waals surface area contributed by atoms with Crippen LogP contribution in [0.15, 0.2) is 42.5 Å². The van der Waals surface area contributed by atoms with Crippen molar-refractivity contribution in [3.8, 4) is 0 Å². The Kier molecular flexibility index (Phi) is 6.12. The molecular formula is C16H14Cl2N2O5S. The van der Waals surface area contributed by atoms with Crippen molar-refractivity contribution in [2.45, 2.75) is 0 Å². The fraction of sp³-hybridized carbons (Fsp3) is 0.125. The minimum atomic E-state index is -3.83. The molecule has 2 aromatic carbocycles. The van der Waals surface area contributed by atoms with Gasteiger partial charge in [0.15, 0.2) is 0 Å². The maximum atomic E-state index is 12.3. The zero-order valence-corrected chi connectivity index (χ0v) is 15.8. The molecule has 0 saturated heterocycles. The third-order valence-electron chi connectivity index (χ3n) is 3.25. The Balaban J connectivity index is 2.30. The number of carbonyl (C=O) groups excluding carboxylic acids is 1. The highest BCUT2D eigenvalue weighted by Gasteiger charge is 2.22. The van der Waals surface area contributed by atoms with Crippen LogP contribution in [0.1, 0.15) is 10.4 Å². The van der Waals surface area contributed by atoms with Crippen LogP contribution in [0, 0.1) is 0 Å². The Morgan fingerprint density at radius 3 is 2.23 bits per heavy atom. The second-order valence-corrected chi connectivity index (χ2v) is 8.08. The van der Waals surface area contributed by atoms with Crippen LogP contribution in [0.5, 0.6) is 0 Å². The average molecular weight is 417 g/mol. The maximum absolute atomic E-state index is 12.3. The molecule has 0 bridgehead atoms. The van der Waals surface area contributed by atoms with Crippen molar-refractivity contribution in [1.82, 2.24) is 0 Å². The summed E-state index contributed by atoms with van der Waals surface area (Å²) in [5.74, 6) is -1.94. The molecule has 0 saturated carbocycles. The second kappa shape index (κ2) is 7.94. The molecule has 0 aromatic heterocycles. The lowest BCUT2D eigenvalue weighted by atomic mass is 10.2. The van der Waals surface area contributed by atoms with Gasteiger partial charge in [0.2, 0.25) is 15.9 Å². The molecule has 0 radical (unpaired) electrons. The molecule has 0 spiro atoms. The summed E-state index contributed by atoms with van der Waals surface area (Å²) in [5, 5.41) is 12.0. The van der Waals surface area contributed by atoms with Crippen LogP contribution in [0.25, 0.3) is 0 Å². The van der Waals surface area contributed by atoms with Gasteiger partial charge in [-0.3, -0.25) is 9.10 Å². The van der Waals surface area contributed by atoms with Crippen molar-refractivity contribution in [1.29, 1.82) is 0 Å². The fourth-order valence-electron chi connectivity index (χ4n) is 2.18. The molecule has 0 unspecified atom stereocenters. The number of hydrogen-bond donors (Lipinski definition) is 2. The molecule has 7 nitrogen and oxygen atoms in total. The van der Waals surface area contributed by atoms with Gasteiger partial charge in [-0.2, -0.15) is 0 Å². The number of sulfonamides is 1. The molecule has 1 amide bonds. The number of carboxylic acids is 1. The molecule has 0 atom stereocenters. The van der Waals surface area contributed by atoms with E-state index in [1.807, 2.05) is 0 Å². The minimum absolute atomic E-state index is 0.0579. The van der Waals surface area contributed by atoms with Gasteiger partial charge in [-0.15, -0.1) is 0 Å². The number of aromatic carboxylic acids is 1. The van der Waals surface area contributed by atoms with Crippen molar-refractivity contribution in [3.05, 3.63) is 58.1 Å². The first-order valence-electron chi connectivity index (χ1n) is 7.14. The van der Waals surface area contributed by atoms with E-state index in [0.29, 0.717) is 0 Å². The van der Waals surface area contributed by atoms with Crippen molar-refractivity contribution < 1.29 is 23.1 Å². The highest BCUT2D eigenvalue weighted by Crippen LogP contribution is 2.27. The molecule has 138 valence electrons. The molecule has 26 heavy (non-hydrogen) atoms. The molecule has 10 heteroatoms. The predicted octanol–water partition coefficient (Wildman–Crippen LogP) is 3.10. The number of carbonyl (C=O) groups is 2. The van der Waals surface area contributed by atoms with E-state index >= 15 is 0 Å². The fourth-order valence-corrected chi connectivity index (χ4v) is 3.54. The van der Waals surface area contributed by atoms with Crippen molar-refractivity contribution in [3.63, 3.8) is 0 Å². The normalized spacial score (nSPS) is 11.0. The van der Waals surface area contributed by atoms with Gasteiger partial charge in [0.05, 0.1) is 23.2 Å². The van der Waals surface area contributed by atoms with Gasteiger partial charge in [-0.1, -0.05) is 35.3 Å². The van der Waals surface area contributed by atoms with Gasteiger partial charge in [-0.25, -0.2) is 13.2 Å². The number of nitrogens with one attached hydrogen (secondary N) is 1. The highest BCUT2D eigenvalue weighted by atomic mass is 35.5. The summed E-state index contributed by atoms with van der Waals surface area (Å²) >= 11 is 11.8. The molecular weight excluding hydrogens is 403 g/mol. The number of halogens is 2. The average Bonchev–Trinajstić information content (AvgIpc) is 2.50. The van der Waals surface area contributed by atoms with Gasteiger partial charge >= 0.3 is 5.97 Å².